The lowest BCUT2D eigenvalue weighted by atomic mass is 10.0. The predicted molar refractivity (Wildman–Crippen MR) is 152 cm³/mol. The van der Waals surface area contributed by atoms with E-state index < -0.39 is 11.7 Å². The Morgan fingerprint density at radius 3 is 2.44 bits per heavy atom. The normalized spacial score (nSPS) is 12.7. The van der Waals surface area contributed by atoms with E-state index in [-0.39, 0.29) is 24.8 Å². The number of alkyl carbamates (subject to hydrolysis) is 1. The van der Waals surface area contributed by atoms with Crippen molar-refractivity contribution in [2.24, 2.45) is 0 Å². The fourth-order valence-electron chi connectivity index (χ4n) is 4.87. The largest absolute Gasteiger partial charge is 0.497 e. The van der Waals surface area contributed by atoms with Crippen LogP contribution in [0, 0.1) is 0 Å². The number of carbonyl (C=O) groups is 3. The maximum Gasteiger partial charge on any atom is 0.407 e. The summed E-state index contributed by atoms with van der Waals surface area (Å²) in [7, 11) is 1.61. The second-order valence-corrected chi connectivity index (χ2v) is 10.8. The number of ether oxygens (including phenoxy) is 2. The van der Waals surface area contributed by atoms with Gasteiger partial charge >= 0.3 is 6.09 Å². The minimum absolute atomic E-state index is 0.0851. The standard InChI is InChI=1S/C30H38N4O5/c1-30(2,3)39-29(37)32-16-10-6-5-9-15-31-27(36)19-34-25-14-13-20(38-4)17-22(25)23-18-26(35)33-24-12-8-7-11-21(24)28(23)34/h7-8,11-14,17H,5-6,9-10,15-16,18-19H2,1-4H3,(H,31,36)(H,32,37)(H,33,35). The van der Waals surface area contributed by atoms with E-state index in [0.717, 1.165) is 59.1 Å². The number of aromatic nitrogens is 1. The maximum atomic E-state index is 13.0. The number of rotatable bonds is 10. The zero-order valence-corrected chi connectivity index (χ0v) is 23.2. The molecule has 2 aromatic carbocycles. The van der Waals surface area contributed by atoms with E-state index in [0.29, 0.717) is 18.8 Å². The summed E-state index contributed by atoms with van der Waals surface area (Å²) in [5.41, 5.74) is 3.77. The Bertz CT molecular complexity index is 1360. The predicted octanol–water partition coefficient (Wildman–Crippen LogP) is 5.01. The Morgan fingerprint density at radius 1 is 1.00 bits per heavy atom. The Balaban J connectivity index is 1.38. The second-order valence-electron chi connectivity index (χ2n) is 10.8. The molecule has 39 heavy (non-hydrogen) atoms. The quantitative estimate of drug-likeness (QED) is 0.317. The van der Waals surface area contributed by atoms with Gasteiger partial charge in [-0.3, -0.25) is 9.59 Å². The summed E-state index contributed by atoms with van der Waals surface area (Å²) in [6, 6.07) is 13.4. The molecule has 0 bridgehead atoms. The molecule has 1 aliphatic rings. The van der Waals surface area contributed by atoms with Crippen LogP contribution in [0.1, 0.15) is 52.0 Å². The Morgan fingerprint density at radius 2 is 1.72 bits per heavy atom. The SMILES string of the molecule is COc1ccc2c(c1)c1c(n2CC(=O)NCCCCCCNC(=O)OC(C)(C)C)-c2ccccc2NC(=O)C1. The van der Waals surface area contributed by atoms with Crippen molar-refractivity contribution in [1.29, 1.82) is 0 Å². The molecule has 1 aliphatic heterocycles. The molecule has 3 amide bonds. The van der Waals surface area contributed by atoms with E-state index in [9.17, 15) is 14.4 Å². The van der Waals surface area contributed by atoms with Crippen molar-refractivity contribution in [3.8, 4) is 17.0 Å². The average molecular weight is 535 g/mol. The summed E-state index contributed by atoms with van der Waals surface area (Å²) >= 11 is 0. The van der Waals surface area contributed by atoms with Crippen molar-refractivity contribution >= 4 is 34.5 Å². The highest BCUT2D eigenvalue weighted by molar-refractivity contribution is 6.06. The topological polar surface area (TPSA) is 111 Å². The minimum Gasteiger partial charge on any atom is -0.497 e. The van der Waals surface area contributed by atoms with Gasteiger partial charge in [-0.05, 0) is 63.4 Å². The summed E-state index contributed by atoms with van der Waals surface area (Å²) < 4.78 is 12.7. The molecule has 9 heteroatoms. The fraction of sp³-hybridized carbons (Fsp3) is 0.433. The second kappa shape index (κ2) is 12.2. The summed E-state index contributed by atoms with van der Waals surface area (Å²) in [4.78, 5) is 37.5. The lowest BCUT2D eigenvalue weighted by molar-refractivity contribution is -0.121. The number of hydrogen-bond acceptors (Lipinski definition) is 5. The van der Waals surface area contributed by atoms with E-state index >= 15 is 0 Å². The van der Waals surface area contributed by atoms with Gasteiger partial charge in [0.1, 0.15) is 17.9 Å². The molecule has 0 spiro atoms. The van der Waals surface area contributed by atoms with Crippen molar-refractivity contribution in [3.05, 3.63) is 48.0 Å². The van der Waals surface area contributed by atoms with E-state index in [1.807, 2.05) is 67.8 Å². The summed E-state index contributed by atoms with van der Waals surface area (Å²) in [5.74, 6) is 0.526. The van der Waals surface area contributed by atoms with Gasteiger partial charge in [-0.25, -0.2) is 4.79 Å². The van der Waals surface area contributed by atoms with Crippen molar-refractivity contribution in [1.82, 2.24) is 15.2 Å². The molecule has 0 fully saturated rings. The zero-order valence-electron chi connectivity index (χ0n) is 23.2. The fourth-order valence-corrected chi connectivity index (χ4v) is 4.87. The van der Waals surface area contributed by atoms with Gasteiger partial charge < -0.3 is 30.0 Å². The highest BCUT2D eigenvalue weighted by atomic mass is 16.6. The molecule has 0 unspecified atom stereocenters. The zero-order chi connectivity index (χ0) is 28.0. The molecule has 0 aliphatic carbocycles. The van der Waals surface area contributed by atoms with Crippen LogP contribution in [0.15, 0.2) is 42.5 Å². The number of benzene rings is 2. The van der Waals surface area contributed by atoms with Crippen LogP contribution in [-0.2, 0) is 27.3 Å². The van der Waals surface area contributed by atoms with E-state index in [1.165, 1.54) is 0 Å². The first-order valence-electron chi connectivity index (χ1n) is 13.5. The molecule has 0 saturated heterocycles. The number of amides is 3. The number of fused-ring (bicyclic) bond motifs is 5. The number of para-hydroxylation sites is 1. The van der Waals surface area contributed by atoms with E-state index in [4.69, 9.17) is 9.47 Å². The van der Waals surface area contributed by atoms with Gasteiger partial charge in [0, 0.05) is 29.6 Å². The third-order valence-corrected chi connectivity index (χ3v) is 6.56. The van der Waals surface area contributed by atoms with Crippen LogP contribution in [-0.4, -0.2) is 48.3 Å². The summed E-state index contributed by atoms with van der Waals surface area (Å²) in [6.07, 6.45) is 3.41. The van der Waals surface area contributed by atoms with Crippen molar-refractivity contribution < 1.29 is 23.9 Å². The van der Waals surface area contributed by atoms with Crippen molar-refractivity contribution in [3.63, 3.8) is 0 Å². The van der Waals surface area contributed by atoms with Gasteiger partial charge in [0.2, 0.25) is 11.8 Å². The summed E-state index contributed by atoms with van der Waals surface area (Å²) in [5, 5.41) is 9.71. The molecule has 0 saturated carbocycles. The van der Waals surface area contributed by atoms with Crippen LogP contribution in [0.5, 0.6) is 5.75 Å². The first kappa shape index (κ1) is 28.0. The van der Waals surface area contributed by atoms with Gasteiger partial charge in [-0.1, -0.05) is 31.0 Å². The molecular weight excluding hydrogens is 496 g/mol. The highest BCUT2D eigenvalue weighted by Crippen LogP contribution is 2.40. The Labute approximate surface area is 229 Å². The van der Waals surface area contributed by atoms with E-state index in [2.05, 4.69) is 16.0 Å². The molecule has 1 aromatic heterocycles. The van der Waals surface area contributed by atoms with Crippen LogP contribution in [0.2, 0.25) is 0 Å². The molecule has 9 nitrogen and oxygen atoms in total. The van der Waals surface area contributed by atoms with Gasteiger partial charge in [0.05, 0.1) is 24.9 Å². The number of carbonyl (C=O) groups excluding carboxylic acids is 3. The Kier molecular flexibility index (Phi) is 8.79. The number of anilines is 1. The average Bonchev–Trinajstić information content (AvgIpc) is 3.06. The number of nitrogens with one attached hydrogen (secondary N) is 3. The highest BCUT2D eigenvalue weighted by Gasteiger charge is 2.27. The number of nitrogens with zero attached hydrogens (tertiary/aromatic N) is 1. The molecule has 3 aromatic rings. The first-order valence-corrected chi connectivity index (χ1v) is 13.5. The number of methoxy groups -OCH3 is 1. The molecule has 4 rings (SSSR count). The molecule has 0 atom stereocenters. The monoisotopic (exact) mass is 534 g/mol. The number of unbranched alkanes of at least 4 members (excludes halogenated alkanes) is 3. The smallest absolute Gasteiger partial charge is 0.407 e. The van der Waals surface area contributed by atoms with Crippen LogP contribution in [0.25, 0.3) is 22.2 Å². The molecule has 2 heterocycles. The summed E-state index contributed by atoms with van der Waals surface area (Å²) in [6.45, 7) is 6.79. The lowest BCUT2D eigenvalue weighted by Crippen LogP contribution is -2.33. The van der Waals surface area contributed by atoms with Gasteiger partial charge in [-0.2, -0.15) is 0 Å². The van der Waals surface area contributed by atoms with Crippen molar-refractivity contribution in [2.45, 2.75) is 65.0 Å². The Hall–Kier alpha value is -4.01. The maximum absolute atomic E-state index is 13.0. The first-order chi connectivity index (χ1) is 18.7. The molecular formula is C30H38N4O5. The lowest BCUT2D eigenvalue weighted by Gasteiger charge is -2.19. The van der Waals surface area contributed by atoms with Crippen molar-refractivity contribution in [2.75, 3.05) is 25.5 Å². The van der Waals surface area contributed by atoms with Crippen LogP contribution in [0.3, 0.4) is 0 Å². The molecule has 3 N–H and O–H groups in total. The van der Waals surface area contributed by atoms with Gasteiger partial charge in [0.15, 0.2) is 0 Å². The molecule has 0 radical (unpaired) electrons. The molecule has 208 valence electrons. The van der Waals surface area contributed by atoms with Gasteiger partial charge in [-0.15, -0.1) is 0 Å². The third-order valence-electron chi connectivity index (χ3n) is 6.56. The third kappa shape index (κ3) is 7.10. The van der Waals surface area contributed by atoms with Crippen LogP contribution < -0.4 is 20.7 Å². The van der Waals surface area contributed by atoms with Crippen LogP contribution >= 0.6 is 0 Å². The van der Waals surface area contributed by atoms with Crippen LogP contribution in [0.4, 0.5) is 10.5 Å². The van der Waals surface area contributed by atoms with Gasteiger partial charge in [0.25, 0.3) is 0 Å². The van der Waals surface area contributed by atoms with E-state index in [1.54, 1.807) is 7.11 Å². The number of hydrogen-bond donors (Lipinski definition) is 3. The minimum atomic E-state index is -0.502.